The fraction of sp³-hybridized carbons (Fsp3) is 0.500. The number of fused-ring (bicyclic) bond motifs is 1. The van der Waals surface area contributed by atoms with Gasteiger partial charge in [0.25, 0.3) is 0 Å². The van der Waals surface area contributed by atoms with Gasteiger partial charge in [-0.3, -0.25) is 4.98 Å². The highest BCUT2D eigenvalue weighted by atomic mass is 15.2. The standard InChI is InChI=1S/C14H20N6/c1(9-20-10-7-15-8-11-20)4-17-13-3-2-12-14(19-13)18-6-5-16-12/h2-3,5-6,15H,1,4,7-11H2,(H,17,18,19). The molecule has 3 heterocycles. The molecule has 106 valence electrons. The Morgan fingerprint density at radius 1 is 1.15 bits per heavy atom. The van der Waals surface area contributed by atoms with Crippen LogP contribution in [0.4, 0.5) is 5.82 Å². The van der Waals surface area contributed by atoms with Crippen molar-refractivity contribution in [1.29, 1.82) is 0 Å². The van der Waals surface area contributed by atoms with Crippen LogP contribution in [0.15, 0.2) is 24.5 Å². The molecule has 2 N–H and O–H groups in total. The molecule has 1 saturated heterocycles. The summed E-state index contributed by atoms with van der Waals surface area (Å²) < 4.78 is 0. The first-order chi connectivity index (χ1) is 9.92. The number of rotatable bonds is 5. The lowest BCUT2D eigenvalue weighted by Gasteiger charge is -2.27. The topological polar surface area (TPSA) is 66.0 Å². The van der Waals surface area contributed by atoms with Gasteiger partial charge in [0, 0.05) is 45.1 Å². The van der Waals surface area contributed by atoms with Crippen molar-refractivity contribution in [3.63, 3.8) is 0 Å². The monoisotopic (exact) mass is 272 g/mol. The molecule has 1 fully saturated rings. The summed E-state index contributed by atoms with van der Waals surface area (Å²) in [6.45, 7) is 6.61. The highest BCUT2D eigenvalue weighted by molar-refractivity contribution is 5.71. The molecule has 0 saturated carbocycles. The van der Waals surface area contributed by atoms with Crippen LogP contribution in [0.5, 0.6) is 0 Å². The van der Waals surface area contributed by atoms with Crippen molar-refractivity contribution in [3.05, 3.63) is 24.5 Å². The van der Waals surface area contributed by atoms with Gasteiger partial charge in [-0.15, -0.1) is 0 Å². The van der Waals surface area contributed by atoms with Gasteiger partial charge in [0.1, 0.15) is 11.3 Å². The second-order valence-corrected chi connectivity index (χ2v) is 4.97. The van der Waals surface area contributed by atoms with Crippen LogP contribution < -0.4 is 10.6 Å². The summed E-state index contributed by atoms with van der Waals surface area (Å²) in [5, 5.41) is 6.72. The lowest BCUT2D eigenvalue weighted by Crippen LogP contribution is -2.44. The molecule has 0 radical (unpaired) electrons. The largest absolute Gasteiger partial charge is 0.370 e. The minimum absolute atomic E-state index is 0.694. The first-order valence-corrected chi connectivity index (χ1v) is 7.16. The van der Waals surface area contributed by atoms with Gasteiger partial charge in [0.05, 0.1) is 0 Å². The molecule has 6 heteroatoms. The van der Waals surface area contributed by atoms with Gasteiger partial charge in [0.2, 0.25) is 0 Å². The van der Waals surface area contributed by atoms with Gasteiger partial charge in [-0.2, -0.15) is 0 Å². The molecule has 1 aliphatic rings. The van der Waals surface area contributed by atoms with E-state index in [1.807, 2.05) is 12.1 Å². The van der Waals surface area contributed by atoms with Gasteiger partial charge < -0.3 is 15.5 Å². The van der Waals surface area contributed by atoms with Crippen molar-refractivity contribution < 1.29 is 0 Å². The number of aromatic nitrogens is 3. The van der Waals surface area contributed by atoms with Crippen molar-refractivity contribution >= 4 is 17.0 Å². The van der Waals surface area contributed by atoms with Gasteiger partial charge >= 0.3 is 0 Å². The Morgan fingerprint density at radius 3 is 2.90 bits per heavy atom. The maximum atomic E-state index is 4.45. The summed E-state index contributed by atoms with van der Waals surface area (Å²) in [6.07, 6.45) is 4.48. The molecular weight excluding hydrogens is 252 g/mol. The molecule has 0 unspecified atom stereocenters. The van der Waals surface area contributed by atoms with Crippen molar-refractivity contribution in [2.45, 2.75) is 6.42 Å². The van der Waals surface area contributed by atoms with Crippen LogP contribution in [-0.4, -0.2) is 59.1 Å². The summed E-state index contributed by atoms with van der Waals surface area (Å²) >= 11 is 0. The van der Waals surface area contributed by atoms with E-state index in [0.717, 1.165) is 57.0 Å². The number of hydrogen-bond donors (Lipinski definition) is 2. The van der Waals surface area contributed by atoms with E-state index in [-0.39, 0.29) is 0 Å². The third-order valence-corrected chi connectivity index (χ3v) is 3.50. The summed E-state index contributed by atoms with van der Waals surface area (Å²) in [4.78, 5) is 15.4. The number of nitrogens with one attached hydrogen (secondary N) is 2. The predicted octanol–water partition coefficient (Wildman–Crippen LogP) is 0.732. The Balaban J connectivity index is 1.47. The molecule has 0 aliphatic carbocycles. The average Bonchev–Trinajstić information content (AvgIpc) is 2.52. The van der Waals surface area contributed by atoms with Crippen molar-refractivity contribution in [1.82, 2.24) is 25.2 Å². The minimum Gasteiger partial charge on any atom is -0.370 e. The zero-order valence-corrected chi connectivity index (χ0v) is 11.5. The Bertz CT molecular complexity index is 552. The highest BCUT2D eigenvalue weighted by Gasteiger charge is 2.08. The molecule has 0 atom stereocenters. The number of piperazine rings is 1. The molecule has 6 nitrogen and oxygen atoms in total. The van der Waals surface area contributed by atoms with E-state index >= 15 is 0 Å². The predicted molar refractivity (Wildman–Crippen MR) is 79.7 cm³/mol. The quantitative estimate of drug-likeness (QED) is 0.782. The van der Waals surface area contributed by atoms with E-state index in [2.05, 4.69) is 30.5 Å². The van der Waals surface area contributed by atoms with E-state index in [9.17, 15) is 0 Å². The number of hydrogen-bond acceptors (Lipinski definition) is 6. The van der Waals surface area contributed by atoms with Crippen LogP contribution in [-0.2, 0) is 0 Å². The smallest absolute Gasteiger partial charge is 0.180 e. The molecule has 20 heavy (non-hydrogen) atoms. The van der Waals surface area contributed by atoms with E-state index in [1.54, 1.807) is 12.4 Å². The third kappa shape index (κ3) is 3.40. The van der Waals surface area contributed by atoms with Gasteiger partial charge in [0.15, 0.2) is 5.65 Å². The van der Waals surface area contributed by atoms with Crippen molar-refractivity contribution in [2.75, 3.05) is 44.6 Å². The van der Waals surface area contributed by atoms with Crippen LogP contribution in [0.1, 0.15) is 6.42 Å². The van der Waals surface area contributed by atoms with Crippen LogP contribution in [0.3, 0.4) is 0 Å². The fourth-order valence-corrected chi connectivity index (χ4v) is 2.41. The van der Waals surface area contributed by atoms with Crippen LogP contribution in [0.25, 0.3) is 11.2 Å². The average molecular weight is 272 g/mol. The van der Waals surface area contributed by atoms with E-state index in [1.165, 1.54) is 0 Å². The summed E-state index contributed by atoms with van der Waals surface area (Å²) in [5.41, 5.74) is 1.53. The van der Waals surface area contributed by atoms with Crippen LogP contribution >= 0.6 is 0 Å². The second kappa shape index (κ2) is 6.58. The number of nitrogens with zero attached hydrogens (tertiary/aromatic N) is 4. The Morgan fingerprint density at radius 2 is 2.00 bits per heavy atom. The molecule has 1 aliphatic heterocycles. The molecule has 2 aromatic heterocycles. The van der Waals surface area contributed by atoms with Crippen molar-refractivity contribution in [3.8, 4) is 0 Å². The molecule has 0 spiro atoms. The molecule has 0 aromatic carbocycles. The minimum atomic E-state index is 0.694. The summed E-state index contributed by atoms with van der Waals surface area (Å²) in [7, 11) is 0. The maximum absolute atomic E-state index is 4.45. The number of pyridine rings is 1. The Labute approximate surface area is 118 Å². The molecule has 0 amide bonds. The SMILES string of the molecule is c1cnc2nc(NCCCN3CCNCC3)ccc2n1. The van der Waals surface area contributed by atoms with Crippen molar-refractivity contribution in [2.24, 2.45) is 0 Å². The Kier molecular flexibility index (Phi) is 4.35. The molecule has 0 bridgehead atoms. The zero-order chi connectivity index (χ0) is 13.6. The fourth-order valence-electron chi connectivity index (χ4n) is 2.41. The van der Waals surface area contributed by atoms with Gasteiger partial charge in [-0.25, -0.2) is 9.97 Å². The van der Waals surface area contributed by atoms with Crippen LogP contribution in [0, 0.1) is 0 Å². The second-order valence-electron chi connectivity index (χ2n) is 4.97. The Hall–Kier alpha value is -1.79. The zero-order valence-electron chi connectivity index (χ0n) is 11.5. The first kappa shape index (κ1) is 13.2. The lowest BCUT2D eigenvalue weighted by molar-refractivity contribution is 0.240. The van der Waals surface area contributed by atoms with Gasteiger partial charge in [-0.1, -0.05) is 0 Å². The van der Waals surface area contributed by atoms with Gasteiger partial charge in [-0.05, 0) is 25.1 Å². The lowest BCUT2D eigenvalue weighted by atomic mass is 10.3. The highest BCUT2D eigenvalue weighted by Crippen LogP contribution is 2.09. The third-order valence-electron chi connectivity index (χ3n) is 3.50. The summed E-state index contributed by atoms with van der Waals surface area (Å²) in [5.74, 6) is 0.873. The van der Waals surface area contributed by atoms with E-state index in [4.69, 9.17) is 0 Å². The summed E-state index contributed by atoms with van der Waals surface area (Å²) in [6, 6.07) is 3.91. The van der Waals surface area contributed by atoms with Crippen LogP contribution in [0.2, 0.25) is 0 Å². The number of anilines is 1. The first-order valence-electron chi connectivity index (χ1n) is 7.16. The molecule has 3 rings (SSSR count). The molecule has 2 aromatic rings. The molecular formula is C14H20N6. The maximum Gasteiger partial charge on any atom is 0.180 e. The van der Waals surface area contributed by atoms with E-state index in [0.29, 0.717) is 5.65 Å². The normalized spacial score (nSPS) is 16.4. The van der Waals surface area contributed by atoms with E-state index < -0.39 is 0 Å².